The summed E-state index contributed by atoms with van der Waals surface area (Å²) in [5.74, 6) is 0.514. The molecule has 1 aromatic carbocycles. The molecule has 1 aromatic heterocycles. The number of hydrogen-bond donors (Lipinski definition) is 1. The van der Waals surface area contributed by atoms with Gasteiger partial charge in [-0.15, -0.1) is 0 Å². The van der Waals surface area contributed by atoms with Gasteiger partial charge in [-0.25, -0.2) is 9.78 Å². The van der Waals surface area contributed by atoms with Crippen LogP contribution in [0, 0.1) is 6.92 Å². The van der Waals surface area contributed by atoms with E-state index in [9.17, 15) is 9.59 Å². The molecule has 2 heterocycles. The normalized spacial score (nSPS) is 17.6. The Labute approximate surface area is 145 Å². The topological polar surface area (TPSA) is 98.7 Å². The van der Waals surface area contributed by atoms with Crippen molar-refractivity contribution in [2.45, 2.75) is 32.4 Å². The minimum absolute atomic E-state index is 0.237. The fourth-order valence-corrected chi connectivity index (χ4v) is 3.09. The zero-order valence-corrected chi connectivity index (χ0v) is 14.3. The first-order valence-corrected chi connectivity index (χ1v) is 8.18. The molecule has 132 valence electrons. The lowest BCUT2D eigenvalue weighted by atomic mass is 10.1. The molecule has 0 bridgehead atoms. The van der Waals surface area contributed by atoms with Gasteiger partial charge in [-0.3, -0.25) is 9.69 Å². The third-order valence-electron chi connectivity index (χ3n) is 4.49. The fourth-order valence-electron chi connectivity index (χ4n) is 3.09. The van der Waals surface area contributed by atoms with Crippen molar-refractivity contribution in [3.63, 3.8) is 0 Å². The number of benzene rings is 1. The van der Waals surface area contributed by atoms with Crippen molar-refractivity contribution >= 4 is 11.9 Å². The van der Waals surface area contributed by atoms with Crippen molar-refractivity contribution in [3.05, 3.63) is 41.3 Å². The highest BCUT2D eigenvalue weighted by atomic mass is 16.5. The molecule has 1 saturated heterocycles. The number of ether oxygens (including phenoxy) is 1. The summed E-state index contributed by atoms with van der Waals surface area (Å²) < 4.78 is 10.5. The van der Waals surface area contributed by atoms with Gasteiger partial charge in [0, 0.05) is 12.1 Å². The van der Waals surface area contributed by atoms with Crippen LogP contribution in [0.25, 0.3) is 11.5 Å². The number of primary amides is 1. The van der Waals surface area contributed by atoms with E-state index >= 15 is 0 Å². The number of aromatic nitrogens is 1. The number of carbonyl (C=O) groups is 2. The van der Waals surface area contributed by atoms with Crippen LogP contribution in [-0.2, 0) is 16.1 Å². The largest absolute Gasteiger partial charge is 0.465 e. The van der Waals surface area contributed by atoms with Crippen molar-refractivity contribution in [1.29, 1.82) is 0 Å². The van der Waals surface area contributed by atoms with E-state index < -0.39 is 0 Å². The fraction of sp³-hybridized carbons (Fsp3) is 0.389. The van der Waals surface area contributed by atoms with E-state index in [4.69, 9.17) is 10.2 Å². The Morgan fingerprint density at radius 3 is 2.72 bits per heavy atom. The number of aryl methyl sites for hydroxylation is 1. The highest BCUT2D eigenvalue weighted by Crippen LogP contribution is 2.25. The monoisotopic (exact) mass is 343 g/mol. The zero-order chi connectivity index (χ0) is 18.0. The SMILES string of the molecule is COC(=O)c1ccc(-c2nc(CN3CCC[C@H]3C(N)=O)c(C)o2)cc1. The van der Waals surface area contributed by atoms with E-state index in [1.807, 2.05) is 11.8 Å². The maximum Gasteiger partial charge on any atom is 0.337 e. The van der Waals surface area contributed by atoms with Gasteiger partial charge in [0.05, 0.1) is 24.4 Å². The lowest BCUT2D eigenvalue weighted by Crippen LogP contribution is -2.39. The van der Waals surface area contributed by atoms with Crippen LogP contribution >= 0.6 is 0 Å². The molecule has 0 aliphatic carbocycles. The Hall–Kier alpha value is -2.67. The van der Waals surface area contributed by atoms with Crippen LogP contribution in [0.4, 0.5) is 0 Å². The summed E-state index contributed by atoms with van der Waals surface area (Å²) in [4.78, 5) is 29.6. The van der Waals surface area contributed by atoms with Crippen molar-refractivity contribution in [2.75, 3.05) is 13.7 Å². The van der Waals surface area contributed by atoms with E-state index in [1.54, 1.807) is 24.3 Å². The van der Waals surface area contributed by atoms with Gasteiger partial charge < -0.3 is 14.9 Å². The number of nitrogens with zero attached hydrogens (tertiary/aromatic N) is 2. The highest BCUT2D eigenvalue weighted by Gasteiger charge is 2.30. The molecule has 0 saturated carbocycles. The molecule has 0 unspecified atom stereocenters. The second-order valence-electron chi connectivity index (χ2n) is 6.12. The summed E-state index contributed by atoms with van der Waals surface area (Å²) >= 11 is 0. The van der Waals surface area contributed by atoms with E-state index in [1.165, 1.54) is 7.11 Å². The van der Waals surface area contributed by atoms with E-state index in [0.29, 0.717) is 23.8 Å². The van der Waals surface area contributed by atoms with Gasteiger partial charge in [0.2, 0.25) is 11.8 Å². The first kappa shape index (κ1) is 17.2. The van der Waals surface area contributed by atoms with E-state index in [0.717, 1.165) is 30.6 Å². The summed E-state index contributed by atoms with van der Waals surface area (Å²) in [5, 5.41) is 0. The number of amides is 1. The van der Waals surface area contributed by atoms with Crippen molar-refractivity contribution in [2.24, 2.45) is 5.73 Å². The third kappa shape index (κ3) is 3.56. The smallest absolute Gasteiger partial charge is 0.337 e. The second-order valence-corrected chi connectivity index (χ2v) is 6.12. The molecule has 25 heavy (non-hydrogen) atoms. The molecule has 1 aliphatic rings. The quantitative estimate of drug-likeness (QED) is 0.832. The first-order chi connectivity index (χ1) is 12.0. The number of rotatable bonds is 5. The predicted molar refractivity (Wildman–Crippen MR) is 90.6 cm³/mol. The van der Waals surface area contributed by atoms with Crippen LogP contribution in [-0.4, -0.2) is 41.5 Å². The van der Waals surface area contributed by atoms with Crippen molar-refractivity contribution in [3.8, 4) is 11.5 Å². The molecule has 3 rings (SSSR count). The average Bonchev–Trinajstić information content (AvgIpc) is 3.22. The van der Waals surface area contributed by atoms with E-state index in [-0.39, 0.29) is 17.9 Å². The molecule has 2 aromatic rings. The van der Waals surface area contributed by atoms with Crippen LogP contribution < -0.4 is 5.73 Å². The van der Waals surface area contributed by atoms with Gasteiger partial charge in [0.15, 0.2) is 0 Å². The Morgan fingerprint density at radius 1 is 1.36 bits per heavy atom. The van der Waals surface area contributed by atoms with E-state index in [2.05, 4.69) is 9.72 Å². The lowest BCUT2D eigenvalue weighted by molar-refractivity contribution is -0.122. The van der Waals surface area contributed by atoms with Crippen LogP contribution in [0.2, 0.25) is 0 Å². The Kier molecular flexibility index (Phi) is 4.85. The van der Waals surface area contributed by atoms with Crippen LogP contribution in [0.1, 0.15) is 34.7 Å². The molecule has 1 fully saturated rings. The Bertz CT molecular complexity index is 782. The second kappa shape index (κ2) is 7.06. The summed E-state index contributed by atoms with van der Waals surface area (Å²) in [6, 6.07) is 6.64. The minimum Gasteiger partial charge on any atom is -0.465 e. The summed E-state index contributed by atoms with van der Waals surface area (Å²) in [7, 11) is 1.34. The van der Waals surface area contributed by atoms with Crippen LogP contribution in [0.3, 0.4) is 0 Å². The minimum atomic E-state index is -0.387. The van der Waals surface area contributed by atoms with Gasteiger partial charge in [-0.05, 0) is 50.6 Å². The Morgan fingerprint density at radius 2 is 2.08 bits per heavy atom. The van der Waals surface area contributed by atoms with Crippen molar-refractivity contribution < 1.29 is 18.7 Å². The summed E-state index contributed by atoms with van der Waals surface area (Å²) in [6.07, 6.45) is 1.74. The molecule has 0 radical (unpaired) electrons. The zero-order valence-electron chi connectivity index (χ0n) is 14.3. The van der Waals surface area contributed by atoms with Gasteiger partial charge in [0.25, 0.3) is 0 Å². The molecular weight excluding hydrogens is 322 g/mol. The molecule has 1 aliphatic heterocycles. The number of hydrogen-bond acceptors (Lipinski definition) is 6. The van der Waals surface area contributed by atoms with Gasteiger partial charge >= 0.3 is 5.97 Å². The number of likely N-dealkylation sites (tertiary alicyclic amines) is 1. The molecule has 1 amide bonds. The summed E-state index contributed by atoms with van der Waals surface area (Å²) in [5.41, 5.74) is 7.50. The van der Waals surface area contributed by atoms with Crippen LogP contribution in [0.15, 0.2) is 28.7 Å². The standard InChI is InChI=1S/C18H21N3O4/c1-11-14(10-21-9-3-4-15(21)16(19)22)20-17(25-11)12-5-7-13(8-6-12)18(23)24-2/h5-8,15H,3-4,9-10H2,1-2H3,(H2,19,22)/t15-/m0/s1. The number of oxazole rings is 1. The molecule has 0 spiro atoms. The maximum absolute atomic E-state index is 11.5. The number of methoxy groups -OCH3 is 1. The number of esters is 1. The molecule has 7 nitrogen and oxygen atoms in total. The third-order valence-corrected chi connectivity index (χ3v) is 4.49. The highest BCUT2D eigenvalue weighted by molar-refractivity contribution is 5.89. The predicted octanol–water partition coefficient (Wildman–Crippen LogP) is 1.89. The first-order valence-electron chi connectivity index (χ1n) is 8.18. The maximum atomic E-state index is 11.5. The molecular formula is C18H21N3O4. The summed E-state index contributed by atoms with van der Waals surface area (Å²) in [6.45, 7) is 3.20. The molecule has 7 heteroatoms. The number of carbonyl (C=O) groups excluding carboxylic acids is 2. The van der Waals surface area contributed by atoms with Gasteiger partial charge in [0.1, 0.15) is 5.76 Å². The number of nitrogens with two attached hydrogens (primary N) is 1. The van der Waals surface area contributed by atoms with Crippen LogP contribution in [0.5, 0.6) is 0 Å². The Balaban J connectivity index is 1.78. The van der Waals surface area contributed by atoms with Gasteiger partial charge in [-0.2, -0.15) is 0 Å². The van der Waals surface area contributed by atoms with Gasteiger partial charge in [-0.1, -0.05) is 0 Å². The lowest BCUT2D eigenvalue weighted by Gasteiger charge is -2.20. The van der Waals surface area contributed by atoms with Crippen molar-refractivity contribution in [1.82, 2.24) is 9.88 Å². The molecule has 2 N–H and O–H groups in total. The molecule has 1 atom stereocenters. The average molecular weight is 343 g/mol.